The van der Waals surface area contributed by atoms with Crippen LogP contribution in [0.5, 0.6) is 11.5 Å². The molecule has 26 heavy (non-hydrogen) atoms. The first-order chi connectivity index (χ1) is 12.6. The molecule has 6 heteroatoms. The Morgan fingerprint density at radius 1 is 1.15 bits per heavy atom. The Bertz CT molecular complexity index is 1040. The molecule has 1 atom stereocenters. The van der Waals surface area contributed by atoms with Crippen LogP contribution in [0.3, 0.4) is 0 Å². The van der Waals surface area contributed by atoms with Crippen LogP contribution in [0, 0.1) is 0 Å². The van der Waals surface area contributed by atoms with Crippen molar-refractivity contribution in [1.29, 1.82) is 0 Å². The highest BCUT2D eigenvalue weighted by Gasteiger charge is 2.23. The molecule has 1 aliphatic heterocycles. The van der Waals surface area contributed by atoms with Crippen molar-refractivity contribution in [3.05, 3.63) is 58.8 Å². The maximum absolute atomic E-state index is 12.3. The van der Waals surface area contributed by atoms with Crippen LogP contribution >= 0.6 is 0 Å². The number of carbonyl (C=O) groups excluding carboxylic acids is 1. The highest BCUT2D eigenvalue weighted by Crippen LogP contribution is 2.36. The minimum absolute atomic E-state index is 0.107. The Labute approximate surface area is 148 Å². The highest BCUT2D eigenvalue weighted by molar-refractivity contribution is 5.78. The summed E-state index contributed by atoms with van der Waals surface area (Å²) in [4.78, 5) is 23.2. The number of fused-ring (bicyclic) bond motifs is 2. The first kappa shape index (κ1) is 16.2. The Kier molecular flexibility index (Phi) is 4.08. The van der Waals surface area contributed by atoms with Crippen LogP contribution in [0.1, 0.15) is 6.92 Å². The predicted molar refractivity (Wildman–Crippen MR) is 94.5 cm³/mol. The lowest BCUT2D eigenvalue weighted by atomic mass is 10.1. The summed E-state index contributed by atoms with van der Waals surface area (Å²) in [7, 11) is 0. The number of carbonyl (C=O) groups is 1. The van der Waals surface area contributed by atoms with Crippen molar-refractivity contribution in [2.24, 2.45) is 0 Å². The van der Waals surface area contributed by atoms with Crippen molar-refractivity contribution in [2.75, 3.05) is 13.2 Å². The van der Waals surface area contributed by atoms with Gasteiger partial charge in [-0.2, -0.15) is 0 Å². The van der Waals surface area contributed by atoms with Crippen molar-refractivity contribution in [3.63, 3.8) is 0 Å². The molecule has 0 bridgehead atoms. The standard InChI is InChI=1S/C20H16O6/c1-12(21)23-10-14-11-24-18-7-6-13(8-20(18)25-14)19-9-16(22)15-4-2-3-5-17(15)26-19/h2-9,14H,10-11H2,1H3. The third-order valence-corrected chi connectivity index (χ3v) is 4.05. The second-order valence-corrected chi connectivity index (χ2v) is 5.99. The maximum Gasteiger partial charge on any atom is 0.302 e. The Hall–Kier alpha value is -3.28. The lowest BCUT2D eigenvalue weighted by molar-refractivity contribution is -0.144. The van der Waals surface area contributed by atoms with Crippen LogP contribution in [0.4, 0.5) is 0 Å². The summed E-state index contributed by atoms with van der Waals surface area (Å²) in [5.41, 5.74) is 1.12. The SMILES string of the molecule is CC(=O)OCC1COc2ccc(-c3cc(=O)c4ccccc4o3)cc2O1. The maximum atomic E-state index is 12.3. The molecular weight excluding hydrogens is 336 g/mol. The number of rotatable bonds is 3. The van der Waals surface area contributed by atoms with Crippen LogP contribution in [0.25, 0.3) is 22.3 Å². The minimum Gasteiger partial charge on any atom is -0.486 e. The summed E-state index contributed by atoms with van der Waals surface area (Å²) in [5, 5.41) is 0.537. The van der Waals surface area contributed by atoms with E-state index in [-0.39, 0.29) is 24.1 Å². The van der Waals surface area contributed by atoms with Crippen molar-refractivity contribution in [1.82, 2.24) is 0 Å². The van der Waals surface area contributed by atoms with Gasteiger partial charge in [-0.1, -0.05) is 12.1 Å². The molecule has 0 N–H and O–H groups in total. The van der Waals surface area contributed by atoms with Crippen molar-refractivity contribution in [2.45, 2.75) is 13.0 Å². The van der Waals surface area contributed by atoms with Crippen LogP contribution < -0.4 is 14.9 Å². The molecule has 2 aromatic carbocycles. The van der Waals surface area contributed by atoms with E-state index in [4.69, 9.17) is 18.6 Å². The van der Waals surface area contributed by atoms with E-state index in [1.807, 2.05) is 12.1 Å². The third kappa shape index (κ3) is 3.13. The molecular formula is C20H16O6. The zero-order valence-corrected chi connectivity index (χ0v) is 14.1. The quantitative estimate of drug-likeness (QED) is 0.674. The van der Waals surface area contributed by atoms with Crippen LogP contribution in [-0.4, -0.2) is 25.3 Å². The van der Waals surface area contributed by atoms with Crippen molar-refractivity contribution in [3.8, 4) is 22.8 Å². The fraction of sp³-hybridized carbons (Fsp3) is 0.200. The monoisotopic (exact) mass is 352 g/mol. The van der Waals surface area contributed by atoms with Gasteiger partial charge in [0.15, 0.2) is 23.0 Å². The number of hydrogen-bond donors (Lipinski definition) is 0. The number of hydrogen-bond acceptors (Lipinski definition) is 6. The molecule has 0 radical (unpaired) electrons. The molecule has 0 spiro atoms. The Balaban J connectivity index is 1.66. The fourth-order valence-electron chi connectivity index (χ4n) is 2.81. The third-order valence-electron chi connectivity index (χ3n) is 4.05. The number of benzene rings is 2. The molecule has 1 aromatic heterocycles. The molecule has 0 amide bonds. The molecule has 3 aromatic rings. The molecule has 0 aliphatic carbocycles. The van der Waals surface area contributed by atoms with E-state index in [0.717, 1.165) is 0 Å². The predicted octanol–water partition coefficient (Wildman–Crippen LogP) is 3.16. The molecule has 0 saturated carbocycles. The minimum atomic E-state index is -0.384. The first-order valence-corrected chi connectivity index (χ1v) is 8.20. The molecule has 4 rings (SSSR count). The number of ether oxygens (including phenoxy) is 3. The smallest absolute Gasteiger partial charge is 0.302 e. The Morgan fingerprint density at radius 3 is 2.85 bits per heavy atom. The lowest BCUT2D eigenvalue weighted by Crippen LogP contribution is -2.34. The summed E-state index contributed by atoms with van der Waals surface area (Å²) in [6.45, 7) is 1.76. The normalized spacial score (nSPS) is 15.7. The van der Waals surface area contributed by atoms with E-state index >= 15 is 0 Å². The molecule has 132 valence electrons. The van der Waals surface area contributed by atoms with E-state index < -0.39 is 0 Å². The summed E-state index contributed by atoms with van der Waals surface area (Å²) in [5.74, 6) is 1.19. The summed E-state index contributed by atoms with van der Waals surface area (Å²) in [6.07, 6.45) is -0.384. The zero-order valence-electron chi connectivity index (χ0n) is 14.1. The average molecular weight is 352 g/mol. The second-order valence-electron chi connectivity index (χ2n) is 5.99. The molecule has 1 unspecified atom stereocenters. The van der Waals surface area contributed by atoms with E-state index in [9.17, 15) is 9.59 Å². The highest BCUT2D eigenvalue weighted by atomic mass is 16.6. The molecule has 0 fully saturated rings. The Morgan fingerprint density at radius 2 is 2.00 bits per heavy atom. The van der Waals surface area contributed by atoms with Gasteiger partial charge in [0.1, 0.15) is 24.6 Å². The summed E-state index contributed by atoms with van der Waals surface area (Å²) < 4.78 is 22.3. The van der Waals surface area contributed by atoms with Gasteiger partial charge in [0.05, 0.1) is 5.39 Å². The molecule has 6 nitrogen and oxygen atoms in total. The van der Waals surface area contributed by atoms with Crippen LogP contribution in [0.2, 0.25) is 0 Å². The first-order valence-electron chi connectivity index (χ1n) is 8.20. The van der Waals surface area contributed by atoms with E-state index in [2.05, 4.69) is 0 Å². The zero-order chi connectivity index (χ0) is 18.1. The number of esters is 1. The fourth-order valence-corrected chi connectivity index (χ4v) is 2.81. The van der Waals surface area contributed by atoms with Crippen LogP contribution in [0.15, 0.2) is 57.7 Å². The van der Waals surface area contributed by atoms with Crippen molar-refractivity contribution < 1.29 is 23.4 Å². The van der Waals surface area contributed by atoms with Gasteiger partial charge in [0, 0.05) is 18.6 Å². The number of para-hydroxylation sites is 1. The molecule has 2 heterocycles. The van der Waals surface area contributed by atoms with Gasteiger partial charge >= 0.3 is 5.97 Å². The van der Waals surface area contributed by atoms with Gasteiger partial charge in [-0.25, -0.2) is 0 Å². The van der Waals surface area contributed by atoms with Gasteiger partial charge in [0.25, 0.3) is 0 Å². The second kappa shape index (κ2) is 6.55. The van der Waals surface area contributed by atoms with Gasteiger partial charge in [-0.05, 0) is 30.3 Å². The van der Waals surface area contributed by atoms with Gasteiger partial charge in [0.2, 0.25) is 0 Å². The van der Waals surface area contributed by atoms with Crippen molar-refractivity contribution >= 4 is 16.9 Å². The van der Waals surface area contributed by atoms with Gasteiger partial charge in [-0.15, -0.1) is 0 Å². The van der Waals surface area contributed by atoms with Gasteiger partial charge < -0.3 is 18.6 Å². The average Bonchev–Trinajstić information content (AvgIpc) is 2.65. The van der Waals surface area contributed by atoms with E-state index in [1.165, 1.54) is 13.0 Å². The van der Waals surface area contributed by atoms with Gasteiger partial charge in [-0.3, -0.25) is 9.59 Å². The summed E-state index contributed by atoms with van der Waals surface area (Å²) in [6, 6.07) is 13.9. The largest absolute Gasteiger partial charge is 0.486 e. The molecule has 0 saturated heterocycles. The summed E-state index contributed by atoms with van der Waals surface area (Å²) >= 11 is 0. The topological polar surface area (TPSA) is 75.0 Å². The van der Waals surface area contributed by atoms with E-state index in [1.54, 1.807) is 30.3 Å². The van der Waals surface area contributed by atoms with Crippen LogP contribution in [-0.2, 0) is 9.53 Å². The van der Waals surface area contributed by atoms with E-state index in [0.29, 0.717) is 40.4 Å². The lowest BCUT2D eigenvalue weighted by Gasteiger charge is -2.26. The molecule has 1 aliphatic rings.